The van der Waals surface area contributed by atoms with Crippen LogP contribution in [0.15, 0.2) is 22.7 Å². The molecule has 1 heterocycles. The van der Waals surface area contributed by atoms with Crippen LogP contribution < -0.4 is 10.6 Å². The van der Waals surface area contributed by atoms with E-state index in [9.17, 15) is 0 Å². The predicted octanol–water partition coefficient (Wildman–Crippen LogP) is 2.95. The lowest BCUT2D eigenvalue weighted by Crippen LogP contribution is -2.44. The topological polar surface area (TPSA) is 38.5 Å². The number of nitrogens with two attached hydrogens (primary N) is 1. The van der Waals surface area contributed by atoms with Crippen molar-refractivity contribution in [2.75, 3.05) is 24.7 Å². The van der Waals surface area contributed by atoms with Gasteiger partial charge < -0.3 is 15.4 Å². The van der Waals surface area contributed by atoms with Crippen molar-refractivity contribution < 1.29 is 4.74 Å². The van der Waals surface area contributed by atoms with E-state index in [0.29, 0.717) is 6.04 Å². The third-order valence-electron chi connectivity index (χ3n) is 3.73. The molecule has 1 fully saturated rings. The first kappa shape index (κ1) is 14.8. The lowest BCUT2D eigenvalue weighted by molar-refractivity contribution is 0.0988. The molecule has 1 aromatic carbocycles. The van der Waals surface area contributed by atoms with Crippen LogP contribution in [0.4, 0.5) is 5.69 Å². The van der Waals surface area contributed by atoms with Gasteiger partial charge >= 0.3 is 0 Å². The second-order valence-corrected chi connectivity index (χ2v) is 6.18. The summed E-state index contributed by atoms with van der Waals surface area (Å²) in [6.07, 6.45) is 1.93. The monoisotopic (exact) mass is 326 g/mol. The van der Waals surface area contributed by atoms with E-state index in [0.717, 1.165) is 37.1 Å². The molecule has 0 saturated carbocycles. The van der Waals surface area contributed by atoms with Gasteiger partial charge in [0.05, 0.1) is 13.2 Å². The van der Waals surface area contributed by atoms with Crippen LogP contribution in [0.25, 0.3) is 0 Å². The minimum Gasteiger partial charge on any atom is -0.377 e. The summed E-state index contributed by atoms with van der Waals surface area (Å²) in [6.45, 7) is 6.91. The average molecular weight is 327 g/mol. The van der Waals surface area contributed by atoms with Gasteiger partial charge in [-0.15, -0.1) is 0 Å². The first-order valence-electron chi connectivity index (χ1n) is 7.00. The van der Waals surface area contributed by atoms with Crippen LogP contribution in [0.1, 0.15) is 25.8 Å². The molecule has 2 atom stereocenters. The molecule has 2 rings (SSSR count). The van der Waals surface area contributed by atoms with Crippen LogP contribution >= 0.6 is 15.9 Å². The molecule has 0 spiro atoms. The van der Waals surface area contributed by atoms with Gasteiger partial charge in [0.2, 0.25) is 0 Å². The van der Waals surface area contributed by atoms with E-state index in [4.69, 9.17) is 10.5 Å². The van der Waals surface area contributed by atoms with E-state index in [1.807, 2.05) is 0 Å². The fourth-order valence-electron chi connectivity index (χ4n) is 2.51. The predicted molar refractivity (Wildman–Crippen MR) is 83.7 cm³/mol. The normalized spacial score (nSPS) is 21.5. The van der Waals surface area contributed by atoms with E-state index in [-0.39, 0.29) is 6.04 Å². The third-order valence-corrected chi connectivity index (χ3v) is 4.22. The highest BCUT2D eigenvalue weighted by Gasteiger charge is 2.21. The molecule has 0 aliphatic carbocycles. The van der Waals surface area contributed by atoms with Gasteiger partial charge in [0.25, 0.3) is 0 Å². The maximum atomic E-state index is 6.13. The molecular formula is C15H23BrN2O. The van der Waals surface area contributed by atoms with Crippen molar-refractivity contribution in [1.82, 2.24) is 0 Å². The van der Waals surface area contributed by atoms with Gasteiger partial charge in [-0.1, -0.05) is 22.9 Å². The molecule has 106 valence electrons. The summed E-state index contributed by atoms with van der Waals surface area (Å²) in [4.78, 5) is 2.44. The lowest BCUT2D eigenvalue weighted by atomic mass is 10.0. The zero-order valence-corrected chi connectivity index (χ0v) is 13.3. The fraction of sp³-hybridized carbons (Fsp3) is 0.600. The Kier molecular flexibility index (Phi) is 5.25. The zero-order chi connectivity index (χ0) is 13.8. The van der Waals surface area contributed by atoms with Gasteiger partial charge in [-0.3, -0.25) is 0 Å². The number of nitrogens with zero attached hydrogens (tertiary/aromatic N) is 1. The summed E-state index contributed by atoms with van der Waals surface area (Å²) in [5.41, 5.74) is 8.77. The number of halogens is 1. The molecule has 0 radical (unpaired) electrons. The Balaban J connectivity index is 2.27. The Hall–Kier alpha value is -0.580. The zero-order valence-electron chi connectivity index (χ0n) is 11.7. The van der Waals surface area contributed by atoms with Gasteiger partial charge in [-0.25, -0.2) is 0 Å². The van der Waals surface area contributed by atoms with Crippen LogP contribution in [0, 0.1) is 0 Å². The molecule has 19 heavy (non-hydrogen) atoms. The first-order valence-corrected chi connectivity index (χ1v) is 7.79. The molecule has 3 nitrogen and oxygen atoms in total. The van der Waals surface area contributed by atoms with Crippen molar-refractivity contribution in [1.29, 1.82) is 0 Å². The second kappa shape index (κ2) is 6.73. The largest absolute Gasteiger partial charge is 0.377 e. The minimum atomic E-state index is 0.226. The molecule has 0 bridgehead atoms. The number of benzene rings is 1. The van der Waals surface area contributed by atoms with Crippen molar-refractivity contribution >= 4 is 21.6 Å². The third kappa shape index (κ3) is 3.71. The van der Waals surface area contributed by atoms with Crippen LogP contribution in [-0.4, -0.2) is 31.8 Å². The number of rotatable bonds is 4. The van der Waals surface area contributed by atoms with Gasteiger partial charge in [-0.2, -0.15) is 0 Å². The average Bonchev–Trinajstić information content (AvgIpc) is 2.40. The van der Waals surface area contributed by atoms with Crippen LogP contribution in [-0.2, 0) is 11.2 Å². The standard InChI is InChI=1S/C15H23BrN2O/c1-3-14(17)9-12-8-13(16)4-5-15(12)18-6-7-19-10-11(18)2/h4-5,8,11,14H,3,6-7,9-10,17H2,1-2H3. The first-order chi connectivity index (χ1) is 9.11. The highest BCUT2D eigenvalue weighted by Crippen LogP contribution is 2.28. The highest BCUT2D eigenvalue weighted by atomic mass is 79.9. The molecule has 1 saturated heterocycles. The summed E-state index contributed by atoms with van der Waals surface area (Å²) in [6, 6.07) is 7.16. The van der Waals surface area contributed by atoms with Gasteiger partial charge in [0.1, 0.15) is 0 Å². The quantitative estimate of drug-likeness (QED) is 0.924. The minimum absolute atomic E-state index is 0.226. The SMILES string of the molecule is CCC(N)Cc1cc(Br)ccc1N1CCOCC1C. The summed E-state index contributed by atoms with van der Waals surface area (Å²) in [5, 5.41) is 0. The van der Waals surface area contributed by atoms with E-state index in [1.54, 1.807) is 0 Å². The lowest BCUT2D eigenvalue weighted by Gasteiger charge is -2.36. The number of morpholine rings is 1. The molecular weight excluding hydrogens is 304 g/mol. The maximum absolute atomic E-state index is 6.13. The van der Waals surface area contributed by atoms with Crippen molar-refractivity contribution in [3.05, 3.63) is 28.2 Å². The number of hydrogen-bond acceptors (Lipinski definition) is 3. The molecule has 1 aromatic rings. The Morgan fingerprint density at radius 1 is 1.53 bits per heavy atom. The van der Waals surface area contributed by atoms with Crippen molar-refractivity contribution in [2.45, 2.75) is 38.8 Å². The summed E-state index contributed by atoms with van der Waals surface area (Å²) in [7, 11) is 0. The summed E-state index contributed by atoms with van der Waals surface area (Å²) >= 11 is 3.56. The van der Waals surface area contributed by atoms with E-state index >= 15 is 0 Å². The van der Waals surface area contributed by atoms with Crippen LogP contribution in [0.2, 0.25) is 0 Å². The molecule has 2 unspecified atom stereocenters. The van der Waals surface area contributed by atoms with Crippen molar-refractivity contribution in [3.63, 3.8) is 0 Å². The van der Waals surface area contributed by atoms with Crippen LogP contribution in [0.5, 0.6) is 0 Å². The van der Waals surface area contributed by atoms with Gasteiger partial charge in [-0.05, 0) is 43.5 Å². The molecule has 0 amide bonds. The Bertz CT molecular complexity index is 425. The van der Waals surface area contributed by atoms with E-state index < -0.39 is 0 Å². The Morgan fingerprint density at radius 3 is 3.00 bits per heavy atom. The number of hydrogen-bond donors (Lipinski definition) is 1. The molecule has 1 aliphatic heterocycles. The molecule has 1 aliphatic rings. The highest BCUT2D eigenvalue weighted by molar-refractivity contribution is 9.10. The second-order valence-electron chi connectivity index (χ2n) is 5.26. The van der Waals surface area contributed by atoms with Gasteiger partial charge in [0, 0.05) is 28.8 Å². The fourth-order valence-corrected chi connectivity index (χ4v) is 2.92. The van der Waals surface area contributed by atoms with Crippen molar-refractivity contribution in [2.24, 2.45) is 5.73 Å². The van der Waals surface area contributed by atoms with E-state index in [1.165, 1.54) is 11.3 Å². The van der Waals surface area contributed by atoms with E-state index in [2.05, 4.69) is 52.9 Å². The Morgan fingerprint density at radius 2 is 2.32 bits per heavy atom. The molecule has 4 heteroatoms. The Labute approximate surface area is 124 Å². The molecule has 2 N–H and O–H groups in total. The van der Waals surface area contributed by atoms with Crippen LogP contribution in [0.3, 0.4) is 0 Å². The summed E-state index contributed by atoms with van der Waals surface area (Å²) in [5.74, 6) is 0. The number of anilines is 1. The molecule has 0 aromatic heterocycles. The smallest absolute Gasteiger partial charge is 0.0668 e. The van der Waals surface area contributed by atoms with Gasteiger partial charge in [0.15, 0.2) is 0 Å². The summed E-state index contributed by atoms with van der Waals surface area (Å²) < 4.78 is 6.64. The maximum Gasteiger partial charge on any atom is 0.0668 e. The van der Waals surface area contributed by atoms with Crippen molar-refractivity contribution in [3.8, 4) is 0 Å². The number of ether oxygens (including phenoxy) is 1.